The summed E-state index contributed by atoms with van der Waals surface area (Å²) in [6.07, 6.45) is 4.43. The van der Waals surface area contributed by atoms with Gasteiger partial charge in [0.25, 0.3) is 5.95 Å². The van der Waals surface area contributed by atoms with Gasteiger partial charge in [0.05, 0.1) is 12.3 Å². The van der Waals surface area contributed by atoms with Crippen LogP contribution >= 0.6 is 0 Å². The number of pyridine rings is 2. The lowest BCUT2D eigenvalue weighted by atomic mass is 10.0. The summed E-state index contributed by atoms with van der Waals surface area (Å²) in [6.45, 7) is 4.89. The molecule has 1 saturated carbocycles. The van der Waals surface area contributed by atoms with E-state index in [0.29, 0.717) is 17.5 Å². The molecule has 5 nitrogen and oxygen atoms in total. The number of halogens is 1. The first-order valence-electron chi connectivity index (χ1n) is 9.23. The first-order valence-corrected chi connectivity index (χ1v) is 9.23. The summed E-state index contributed by atoms with van der Waals surface area (Å²) in [5, 5.41) is 9.29. The molecule has 2 fully saturated rings. The predicted octanol–water partition coefficient (Wildman–Crippen LogP) is 2.96. The summed E-state index contributed by atoms with van der Waals surface area (Å²) in [4.78, 5) is 10.6. The second-order valence-corrected chi connectivity index (χ2v) is 7.49. The second-order valence-electron chi connectivity index (χ2n) is 7.49. The van der Waals surface area contributed by atoms with Gasteiger partial charge in [-0.2, -0.15) is 4.39 Å². The Kier molecular flexibility index (Phi) is 4.76. The fourth-order valence-corrected chi connectivity index (χ4v) is 4.24. The fraction of sp³-hybridized carbons (Fsp3) is 0.500. The van der Waals surface area contributed by atoms with Crippen molar-refractivity contribution in [3.63, 3.8) is 0 Å². The van der Waals surface area contributed by atoms with Crippen LogP contribution in [0.25, 0.3) is 0 Å². The summed E-state index contributed by atoms with van der Waals surface area (Å²) in [6, 6.07) is 7.03. The molecule has 3 atom stereocenters. The Morgan fingerprint density at radius 2 is 1.96 bits per heavy atom. The molecule has 1 saturated heterocycles. The molecule has 0 radical (unpaired) electrons. The van der Waals surface area contributed by atoms with Crippen molar-refractivity contribution in [3.8, 4) is 11.5 Å². The van der Waals surface area contributed by atoms with Gasteiger partial charge in [-0.15, -0.1) is 0 Å². The van der Waals surface area contributed by atoms with E-state index in [1.54, 1.807) is 25.1 Å². The highest BCUT2D eigenvalue weighted by Gasteiger charge is 2.41. The largest absolute Gasteiger partial charge is 0.506 e. The molecule has 1 N–H and O–H groups in total. The molecule has 0 unspecified atom stereocenters. The third-order valence-electron chi connectivity index (χ3n) is 5.52. The Morgan fingerprint density at radius 3 is 2.62 bits per heavy atom. The van der Waals surface area contributed by atoms with Crippen molar-refractivity contribution in [2.24, 2.45) is 11.8 Å². The van der Waals surface area contributed by atoms with Crippen LogP contribution in [0.3, 0.4) is 0 Å². The maximum absolute atomic E-state index is 13.9. The average Bonchev–Trinajstić information content (AvgIpc) is 3.15. The lowest BCUT2D eigenvalue weighted by Crippen LogP contribution is -2.26. The van der Waals surface area contributed by atoms with Crippen molar-refractivity contribution < 1.29 is 14.2 Å². The Morgan fingerprint density at radius 1 is 1.19 bits per heavy atom. The van der Waals surface area contributed by atoms with Gasteiger partial charge < -0.3 is 14.7 Å². The quantitative estimate of drug-likeness (QED) is 0.834. The fourth-order valence-electron chi connectivity index (χ4n) is 4.24. The third-order valence-corrected chi connectivity index (χ3v) is 5.52. The minimum Gasteiger partial charge on any atom is -0.506 e. The molecule has 138 valence electrons. The zero-order valence-electron chi connectivity index (χ0n) is 14.9. The molecule has 6 heteroatoms. The maximum atomic E-state index is 13.9. The summed E-state index contributed by atoms with van der Waals surface area (Å²) in [7, 11) is 0. The molecule has 1 aliphatic carbocycles. The van der Waals surface area contributed by atoms with E-state index in [0.717, 1.165) is 44.6 Å². The van der Waals surface area contributed by atoms with Crippen LogP contribution in [0.2, 0.25) is 0 Å². The van der Waals surface area contributed by atoms with Gasteiger partial charge >= 0.3 is 0 Å². The zero-order chi connectivity index (χ0) is 18.1. The second kappa shape index (κ2) is 7.19. The highest BCUT2D eigenvalue weighted by atomic mass is 19.1. The van der Waals surface area contributed by atoms with Crippen molar-refractivity contribution in [1.82, 2.24) is 14.9 Å². The number of nitrogens with zero attached hydrogens (tertiary/aromatic N) is 3. The van der Waals surface area contributed by atoms with E-state index in [4.69, 9.17) is 4.74 Å². The Balaban J connectivity index is 1.26. The molecule has 26 heavy (non-hydrogen) atoms. The molecule has 0 spiro atoms. The molecule has 1 aliphatic heterocycles. The molecule has 2 aliphatic rings. The summed E-state index contributed by atoms with van der Waals surface area (Å²) >= 11 is 0. The van der Waals surface area contributed by atoms with Crippen LogP contribution in [-0.2, 0) is 6.42 Å². The topological polar surface area (TPSA) is 58.5 Å². The van der Waals surface area contributed by atoms with Crippen LogP contribution in [0.1, 0.15) is 24.2 Å². The van der Waals surface area contributed by atoms with Gasteiger partial charge in [0.1, 0.15) is 5.75 Å². The lowest BCUT2D eigenvalue weighted by Gasteiger charge is -2.19. The molecule has 4 rings (SSSR count). The first-order chi connectivity index (χ1) is 12.6. The smallest absolute Gasteiger partial charge is 0.255 e. The highest BCUT2D eigenvalue weighted by molar-refractivity contribution is 5.22. The van der Waals surface area contributed by atoms with E-state index in [9.17, 15) is 9.50 Å². The number of fused-ring (bicyclic) bond motifs is 1. The number of hydrogen-bond acceptors (Lipinski definition) is 5. The van der Waals surface area contributed by atoms with Gasteiger partial charge in [-0.3, -0.25) is 4.98 Å². The highest BCUT2D eigenvalue weighted by Crippen LogP contribution is 2.40. The Labute approximate surface area is 152 Å². The third kappa shape index (κ3) is 3.80. The average molecular weight is 357 g/mol. The first kappa shape index (κ1) is 17.2. The maximum Gasteiger partial charge on any atom is 0.255 e. The zero-order valence-corrected chi connectivity index (χ0v) is 14.9. The van der Waals surface area contributed by atoms with Crippen LogP contribution in [-0.4, -0.2) is 45.7 Å². The van der Waals surface area contributed by atoms with Crippen molar-refractivity contribution >= 4 is 0 Å². The van der Waals surface area contributed by atoms with Gasteiger partial charge in [-0.05, 0) is 55.9 Å². The van der Waals surface area contributed by atoms with Crippen molar-refractivity contribution in [3.05, 3.63) is 47.8 Å². The van der Waals surface area contributed by atoms with Gasteiger partial charge in [0, 0.05) is 37.4 Å². The monoisotopic (exact) mass is 357 g/mol. The van der Waals surface area contributed by atoms with E-state index >= 15 is 0 Å². The van der Waals surface area contributed by atoms with Crippen LogP contribution in [0.4, 0.5) is 4.39 Å². The summed E-state index contributed by atoms with van der Waals surface area (Å²) in [5.74, 6) is 1.21. The normalized spacial score (nSPS) is 25.4. The van der Waals surface area contributed by atoms with Crippen molar-refractivity contribution in [2.75, 3.05) is 19.6 Å². The number of rotatable bonds is 5. The van der Waals surface area contributed by atoms with Crippen LogP contribution in [0, 0.1) is 24.7 Å². The van der Waals surface area contributed by atoms with Gasteiger partial charge in [0.2, 0.25) is 0 Å². The van der Waals surface area contributed by atoms with Crippen LogP contribution < -0.4 is 4.74 Å². The Hall–Kier alpha value is -2.21. The summed E-state index contributed by atoms with van der Waals surface area (Å²) in [5.41, 5.74) is 1.67. The van der Waals surface area contributed by atoms with Gasteiger partial charge in [-0.25, -0.2) is 4.98 Å². The molecule has 3 heterocycles. The van der Waals surface area contributed by atoms with E-state index in [-0.39, 0.29) is 17.6 Å². The number of likely N-dealkylation sites (tertiary alicyclic amines) is 1. The van der Waals surface area contributed by atoms with Crippen molar-refractivity contribution in [2.45, 2.75) is 32.3 Å². The van der Waals surface area contributed by atoms with E-state index in [2.05, 4.69) is 14.9 Å². The minimum absolute atomic E-state index is 0.0879. The van der Waals surface area contributed by atoms with Gasteiger partial charge in [0.15, 0.2) is 5.75 Å². The lowest BCUT2D eigenvalue weighted by molar-refractivity contribution is 0.177. The molecule has 2 aromatic rings. The summed E-state index contributed by atoms with van der Waals surface area (Å²) < 4.78 is 19.8. The number of aromatic nitrogens is 2. The standard InChI is InChI=1S/C20H24FN3O2/c1-13-2-5-19(20(21)23-13)26-18-8-14-11-24(12-15(14)9-18)7-6-16-3-4-17(25)10-22-16/h2-5,10,14-15,18,25H,6-9,11-12H2,1H3/t14-,15+,18+. The number of ether oxygens (including phenoxy) is 1. The minimum atomic E-state index is -0.509. The SMILES string of the molecule is Cc1ccc(O[C@H]2C[C@@H]3CN(CCc4ccc(O)cn4)C[C@@H]3C2)c(F)n1. The molecule has 2 aromatic heterocycles. The number of aromatic hydroxyl groups is 1. The van der Waals surface area contributed by atoms with Crippen LogP contribution in [0.15, 0.2) is 30.5 Å². The molecule has 0 aromatic carbocycles. The van der Waals surface area contributed by atoms with Crippen molar-refractivity contribution in [1.29, 1.82) is 0 Å². The Bertz CT molecular complexity index is 754. The van der Waals surface area contributed by atoms with Crippen LogP contribution in [0.5, 0.6) is 11.5 Å². The predicted molar refractivity (Wildman–Crippen MR) is 95.6 cm³/mol. The molecular weight excluding hydrogens is 333 g/mol. The molecule has 0 bridgehead atoms. The number of hydrogen-bond donors (Lipinski definition) is 1. The van der Waals surface area contributed by atoms with E-state index in [1.165, 1.54) is 6.20 Å². The van der Waals surface area contributed by atoms with E-state index < -0.39 is 5.95 Å². The molecule has 0 amide bonds. The van der Waals surface area contributed by atoms with Gasteiger partial charge in [-0.1, -0.05) is 0 Å². The number of aryl methyl sites for hydroxylation is 1. The van der Waals surface area contributed by atoms with E-state index in [1.807, 2.05) is 6.07 Å². The molecular formula is C20H24FN3O2.